The highest BCUT2D eigenvalue weighted by molar-refractivity contribution is 6.30. The van der Waals surface area contributed by atoms with Crippen molar-refractivity contribution in [3.05, 3.63) is 34.9 Å². The van der Waals surface area contributed by atoms with E-state index in [1.807, 2.05) is 12.1 Å². The van der Waals surface area contributed by atoms with E-state index in [1.54, 1.807) is 0 Å². The first-order valence-corrected chi connectivity index (χ1v) is 10.2. The van der Waals surface area contributed by atoms with Gasteiger partial charge in [0.2, 0.25) is 0 Å². The third-order valence-corrected chi connectivity index (χ3v) is 5.87. The van der Waals surface area contributed by atoms with Crippen LogP contribution in [0.25, 0.3) is 0 Å². The van der Waals surface area contributed by atoms with E-state index >= 15 is 0 Å². The molecule has 4 nitrogen and oxygen atoms in total. The maximum Gasteiger partial charge on any atom is 0.191 e. The Labute approximate surface area is 156 Å². The molecule has 0 aromatic heterocycles. The molecule has 136 valence electrons. The van der Waals surface area contributed by atoms with E-state index in [-0.39, 0.29) is 0 Å². The fraction of sp³-hybridized carbons (Fsp3) is 0.650. The number of likely N-dealkylation sites (tertiary alicyclic amines) is 1. The van der Waals surface area contributed by atoms with E-state index in [0.29, 0.717) is 18.0 Å². The average molecular weight is 361 g/mol. The quantitative estimate of drug-likeness (QED) is 0.624. The van der Waals surface area contributed by atoms with Crippen molar-refractivity contribution < 1.29 is 0 Å². The van der Waals surface area contributed by atoms with Crippen molar-refractivity contribution in [2.24, 2.45) is 4.99 Å². The molecule has 3 fully saturated rings. The van der Waals surface area contributed by atoms with Gasteiger partial charge in [-0.15, -0.1) is 0 Å². The van der Waals surface area contributed by atoms with Gasteiger partial charge in [0.05, 0.1) is 0 Å². The topological polar surface area (TPSA) is 39.7 Å². The highest BCUT2D eigenvalue weighted by atomic mass is 35.5. The van der Waals surface area contributed by atoms with Crippen LogP contribution in [-0.2, 0) is 0 Å². The second-order valence-electron chi connectivity index (χ2n) is 7.66. The molecule has 5 heteroatoms. The molecule has 1 aliphatic heterocycles. The number of piperidine rings is 1. The molecule has 1 aromatic rings. The SMILES string of the molecule is CCN=C(NC1CCN(C2CC2)CC1)NC1CC1c1cccc(Cl)c1. The molecule has 25 heavy (non-hydrogen) atoms. The molecule has 1 saturated heterocycles. The van der Waals surface area contributed by atoms with E-state index in [1.165, 1.54) is 44.3 Å². The maximum atomic E-state index is 6.13. The zero-order chi connectivity index (χ0) is 17.2. The second-order valence-corrected chi connectivity index (χ2v) is 8.09. The van der Waals surface area contributed by atoms with Gasteiger partial charge in [-0.2, -0.15) is 0 Å². The minimum Gasteiger partial charge on any atom is -0.354 e. The molecule has 2 aliphatic carbocycles. The Morgan fingerprint density at radius 3 is 2.68 bits per heavy atom. The number of rotatable bonds is 5. The number of hydrogen-bond acceptors (Lipinski definition) is 2. The van der Waals surface area contributed by atoms with Crippen LogP contribution in [-0.4, -0.2) is 48.6 Å². The van der Waals surface area contributed by atoms with Crippen LogP contribution in [0.1, 0.15) is 50.5 Å². The lowest BCUT2D eigenvalue weighted by Gasteiger charge is -2.33. The third-order valence-electron chi connectivity index (χ3n) is 5.64. The summed E-state index contributed by atoms with van der Waals surface area (Å²) < 4.78 is 0. The summed E-state index contributed by atoms with van der Waals surface area (Å²) in [6, 6.07) is 10.2. The first-order valence-electron chi connectivity index (χ1n) is 9.80. The third kappa shape index (κ3) is 4.48. The minimum atomic E-state index is 0.475. The molecule has 0 radical (unpaired) electrons. The van der Waals surface area contributed by atoms with Crippen LogP contribution in [0.3, 0.4) is 0 Å². The zero-order valence-corrected chi connectivity index (χ0v) is 15.8. The Morgan fingerprint density at radius 1 is 1.20 bits per heavy atom. The van der Waals surface area contributed by atoms with Gasteiger partial charge in [0.25, 0.3) is 0 Å². The highest BCUT2D eigenvalue weighted by Gasteiger charge is 2.39. The number of halogens is 1. The van der Waals surface area contributed by atoms with Crippen LogP contribution >= 0.6 is 11.6 Å². The summed E-state index contributed by atoms with van der Waals surface area (Å²) in [7, 11) is 0. The molecule has 1 heterocycles. The molecular weight excluding hydrogens is 332 g/mol. The lowest BCUT2D eigenvalue weighted by Crippen LogP contribution is -2.49. The van der Waals surface area contributed by atoms with Crippen molar-refractivity contribution >= 4 is 17.6 Å². The Bertz CT molecular complexity index is 620. The Balaban J connectivity index is 1.28. The molecule has 2 saturated carbocycles. The largest absolute Gasteiger partial charge is 0.354 e. The van der Waals surface area contributed by atoms with E-state index in [0.717, 1.165) is 30.0 Å². The Hall–Kier alpha value is -1.26. The summed E-state index contributed by atoms with van der Waals surface area (Å²) in [5.74, 6) is 1.54. The molecule has 2 N–H and O–H groups in total. The van der Waals surface area contributed by atoms with E-state index in [2.05, 4.69) is 39.6 Å². The standard InChI is InChI=1S/C20H29ClN4/c1-2-22-20(23-16-8-10-25(11-9-16)17-6-7-17)24-19-13-18(19)14-4-3-5-15(21)12-14/h3-5,12,16-19H,2,6-11,13H2,1H3,(H2,22,23,24). The van der Waals surface area contributed by atoms with Crippen molar-refractivity contribution in [1.29, 1.82) is 0 Å². The summed E-state index contributed by atoms with van der Waals surface area (Å²) in [5.41, 5.74) is 1.33. The second kappa shape index (κ2) is 7.55. The molecule has 1 aromatic carbocycles. The lowest BCUT2D eigenvalue weighted by atomic mass is 10.1. The molecule has 0 amide bonds. The minimum absolute atomic E-state index is 0.475. The Kier molecular flexibility index (Phi) is 5.18. The van der Waals surface area contributed by atoms with Gasteiger partial charge in [0, 0.05) is 48.7 Å². The maximum absolute atomic E-state index is 6.13. The van der Waals surface area contributed by atoms with Crippen molar-refractivity contribution in [1.82, 2.24) is 15.5 Å². The van der Waals surface area contributed by atoms with Crippen LogP contribution in [0.2, 0.25) is 5.02 Å². The zero-order valence-electron chi connectivity index (χ0n) is 15.0. The summed E-state index contributed by atoms with van der Waals surface area (Å²) >= 11 is 6.13. The molecule has 3 aliphatic rings. The van der Waals surface area contributed by atoms with E-state index in [9.17, 15) is 0 Å². The molecule has 0 bridgehead atoms. The van der Waals surface area contributed by atoms with Gasteiger partial charge in [0.1, 0.15) is 0 Å². The summed E-state index contributed by atoms with van der Waals surface area (Å²) in [6.45, 7) is 5.37. The summed E-state index contributed by atoms with van der Waals surface area (Å²) in [6.07, 6.45) is 6.43. The molecule has 2 unspecified atom stereocenters. The molecule has 2 atom stereocenters. The van der Waals surface area contributed by atoms with Gasteiger partial charge >= 0.3 is 0 Å². The van der Waals surface area contributed by atoms with Gasteiger partial charge in [0.15, 0.2) is 5.96 Å². The fourth-order valence-corrected chi connectivity index (χ4v) is 4.17. The predicted molar refractivity (Wildman–Crippen MR) is 104 cm³/mol. The van der Waals surface area contributed by atoms with Gasteiger partial charge in [-0.25, -0.2) is 0 Å². The average Bonchev–Trinajstić information content (AvgIpc) is 3.51. The van der Waals surface area contributed by atoms with E-state index in [4.69, 9.17) is 11.6 Å². The van der Waals surface area contributed by atoms with Crippen molar-refractivity contribution in [3.63, 3.8) is 0 Å². The summed E-state index contributed by atoms with van der Waals surface area (Å²) in [4.78, 5) is 7.33. The monoisotopic (exact) mass is 360 g/mol. The molecule has 0 spiro atoms. The van der Waals surface area contributed by atoms with E-state index < -0.39 is 0 Å². The normalized spacial score (nSPS) is 28.0. The van der Waals surface area contributed by atoms with Gasteiger partial charge in [-0.3, -0.25) is 4.99 Å². The Morgan fingerprint density at radius 2 is 2.00 bits per heavy atom. The van der Waals surface area contributed by atoms with Crippen LogP contribution in [0, 0.1) is 0 Å². The number of hydrogen-bond donors (Lipinski definition) is 2. The fourth-order valence-electron chi connectivity index (χ4n) is 3.97. The van der Waals surface area contributed by atoms with Crippen molar-refractivity contribution in [2.45, 2.75) is 63.1 Å². The van der Waals surface area contributed by atoms with Gasteiger partial charge < -0.3 is 15.5 Å². The molecule has 4 rings (SSSR count). The molecular formula is C20H29ClN4. The first kappa shape index (κ1) is 17.2. The lowest BCUT2D eigenvalue weighted by molar-refractivity contribution is 0.197. The van der Waals surface area contributed by atoms with Gasteiger partial charge in [-0.05, 0) is 56.7 Å². The number of aliphatic imine (C=N–C) groups is 1. The van der Waals surface area contributed by atoms with Crippen LogP contribution in [0.5, 0.6) is 0 Å². The van der Waals surface area contributed by atoms with Gasteiger partial charge in [-0.1, -0.05) is 23.7 Å². The smallest absolute Gasteiger partial charge is 0.191 e. The van der Waals surface area contributed by atoms with Crippen molar-refractivity contribution in [3.8, 4) is 0 Å². The number of nitrogens with zero attached hydrogens (tertiary/aromatic N) is 2. The number of benzene rings is 1. The summed E-state index contributed by atoms with van der Waals surface area (Å²) in [5, 5.41) is 8.14. The highest BCUT2D eigenvalue weighted by Crippen LogP contribution is 2.41. The predicted octanol–water partition coefficient (Wildman–Crippen LogP) is 3.38. The first-order chi connectivity index (χ1) is 12.2. The van der Waals surface area contributed by atoms with Crippen LogP contribution in [0.4, 0.5) is 0 Å². The van der Waals surface area contributed by atoms with Crippen LogP contribution in [0.15, 0.2) is 29.3 Å². The number of guanidine groups is 1. The number of nitrogens with one attached hydrogen (secondary N) is 2. The van der Waals surface area contributed by atoms with Crippen LogP contribution < -0.4 is 10.6 Å². The van der Waals surface area contributed by atoms with Crippen molar-refractivity contribution in [2.75, 3.05) is 19.6 Å².